The van der Waals surface area contributed by atoms with E-state index in [1.165, 1.54) is 23.9 Å². The topological polar surface area (TPSA) is 123 Å². The van der Waals surface area contributed by atoms with E-state index < -0.39 is 16.9 Å². The number of non-ortho nitro benzene ring substituents is 1. The minimum atomic E-state index is -0.710. The van der Waals surface area contributed by atoms with E-state index in [1.54, 1.807) is 30.9 Å². The second kappa shape index (κ2) is 10.4. The summed E-state index contributed by atoms with van der Waals surface area (Å²) in [4.78, 5) is 43.0. The van der Waals surface area contributed by atoms with Crippen LogP contribution in [0, 0.1) is 10.1 Å². The van der Waals surface area contributed by atoms with Gasteiger partial charge in [-0.05, 0) is 37.7 Å². The fraction of sp³-hybridized carbons (Fsp3) is 0.435. The molecule has 0 aromatic heterocycles. The zero-order chi connectivity index (χ0) is 24.2. The maximum atomic E-state index is 12.9. The lowest BCUT2D eigenvalue weighted by atomic mass is 9.93. The number of benzene rings is 1. The Bertz CT molecular complexity index is 1090. The molecule has 0 spiro atoms. The molecule has 1 N–H and O–H groups in total. The maximum absolute atomic E-state index is 12.9. The maximum Gasteiger partial charge on any atom is 0.338 e. The van der Waals surface area contributed by atoms with E-state index in [-0.39, 0.29) is 30.7 Å². The zero-order valence-corrected chi connectivity index (χ0v) is 19.8. The van der Waals surface area contributed by atoms with Crippen molar-refractivity contribution in [1.29, 1.82) is 0 Å². The predicted molar refractivity (Wildman–Crippen MR) is 127 cm³/mol. The van der Waals surface area contributed by atoms with Gasteiger partial charge < -0.3 is 19.7 Å². The minimum absolute atomic E-state index is 0.0293. The molecule has 0 aliphatic carbocycles. The van der Waals surface area contributed by atoms with Gasteiger partial charge in [-0.2, -0.15) is 0 Å². The number of rotatable bonds is 8. The molecule has 0 radical (unpaired) electrons. The van der Waals surface area contributed by atoms with Crippen molar-refractivity contribution in [1.82, 2.24) is 10.2 Å². The van der Waals surface area contributed by atoms with Crippen molar-refractivity contribution in [2.24, 2.45) is 4.99 Å². The van der Waals surface area contributed by atoms with Crippen molar-refractivity contribution in [2.75, 3.05) is 19.8 Å². The molecule has 3 heterocycles. The van der Waals surface area contributed by atoms with Crippen LogP contribution in [0.2, 0.25) is 0 Å². The number of ether oxygens (including phenoxy) is 2. The van der Waals surface area contributed by atoms with Gasteiger partial charge in [0.2, 0.25) is 5.91 Å². The molecule has 11 heteroatoms. The monoisotopic (exact) mass is 486 g/mol. The molecule has 1 fully saturated rings. The van der Waals surface area contributed by atoms with Gasteiger partial charge in [0.25, 0.3) is 5.69 Å². The Morgan fingerprint density at radius 2 is 2.24 bits per heavy atom. The van der Waals surface area contributed by atoms with Gasteiger partial charge in [-0.3, -0.25) is 14.9 Å². The second-order valence-electron chi connectivity index (χ2n) is 8.08. The number of nitrogens with zero attached hydrogens (tertiary/aromatic N) is 3. The number of carbonyl (C=O) groups is 2. The van der Waals surface area contributed by atoms with Crippen LogP contribution in [-0.4, -0.2) is 52.7 Å². The van der Waals surface area contributed by atoms with Crippen molar-refractivity contribution in [2.45, 2.75) is 45.3 Å². The number of nitro benzene ring substituents is 1. The van der Waals surface area contributed by atoms with Crippen molar-refractivity contribution in [3.05, 3.63) is 62.3 Å². The van der Waals surface area contributed by atoms with Gasteiger partial charge in [-0.15, -0.1) is 0 Å². The molecule has 1 amide bonds. The Labute approximate surface area is 201 Å². The molecule has 180 valence electrons. The summed E-state index contributed by atoms with van der Waals surface area (Å²) in [6.07, 6.45) is 2.01. The van der Waals surface area contributed by atoms with Crippen LogP contribution < -0.4 is 5.32 Å². The molecule has 3 aliphatic heterocycles. The summed E-state index contributed by atoms with van der Waals surface area (Å²) in [5.74, 6) is -0.719. The molecular weight excluding hydrogens is 460 g/mol. The summed E-state index contributed by atoms with van der Waals surface area (Å²) in [6, 6.07) is 5.44. The number of amidine groups is 1. The zero-order valence-electron chi connectivity index (χ0n) is 19.0. The highest BCUT2D eigenvalue weighted by Crippen LogP contribution is 2.45. The molecule has 0 bridgehead atoms. The molecule has 4 rings (SSSR count). The van der Waals surface area contributed by atoms with Crippen LogP contribution in [0.15, 0.2) is 51.6 Å². The number of nitrogens with one attached hydrogen (secondary N) is 1. The summed E-state index contributed by atoms with van der Waals surface area (Å²) in [7, 11) is 0. The number of nitro groups is 1. The molecule has 34 heavy (non-hydrogen) atoms. The van der Waals surface area contributed by atoms with Gasteiger partial charge in [-0.1, -0.05) is 23.9 Å². The second-order valence-corrected chi connectivity index (χ2v) is 8.92. The minimum Gasteiger partial charge on any atom is -0.463 e. The third-order valence-corrected chi connectivity index (χ3v) is 6.67. The van der Waals surface area contributed by atoms with Crippen LogP contribution in [0.25, 0.3) is 0 Å². The first-order chi connectivity index (χ1) is 16.4. The molecule has 1 aromatic carbocycles. The van der Waals surface area contributed by atoms with Crippen molar-refractivity contribution < 1.29 is 24.0 Å². The van der Waals surface area contributed by atoms with E-state index in [0.29, 0.717) is 40.8 Å². The molecule has 1 saturated heterocycles. The molecule has 0 unspecified atom stereocenters. The van der Waals surface area contributed by atoms with Gasteiger partial charge in [0, 0.05) is 31.0 Å². The average molecular weight is 487 g/mol. The number of allylic oxidation sites excluding steroid dienone is 1. The first kappa shape index (κ1) is 24.0. The average Bonchev–Trinajstić information content (AvgIpc) is 3.47. The van der Waals surface area contributed by atoms with E-state index in [4.69, 9.17) is 9.47 Å². The SMILES string of the molecule is CCOC(=O)C1=C(C)N=C2SC=C(CC(=O)NC[C@@H]3CCCO3)N2[C@@H]1c1cccc([N+](=O)[O-])c1. The number of aliphatic imine (C=N–C) groups is 1. The Balaban J connectivity index is 1.64. The number of hydrogen-bond donors (Lipinski definition) is 1. The van der Waals surface area contributed by atoms with E-state index in [1.807, 2.05) is 5.41 Å². The van der Waals surface area contributed by atoms with E-state index in [9.17, 15) is 19.7 Å². The van der Waals surface area contributed by atoms with Crippen molar-refractivity contribution in [3.63, 3.8) is 0 Å². The Hall–Kier alpha value is -3.18. The first-order valence-corrected chi connectivity index (χ1v) is 12.0. The normalized spacial score (nSPS) is 21.6. The third kappa shape index (κ3) is 5.00. The summed E-state index contributed by atoms with van der Waals surface area (Å²) in [5.41, 5.74) is 1.87. The van der Waals surface area contributed by atoms with Gasteiger partial charge >= 0.3 is 5.97 Å². The van der Waals surface area contributed by atoms with Crippen LogP contribution in [0.1, 0.15) is 44.7 Å². The predicted octanol–water partition coefficient (Wildman–Crippen LogP) is 3.42. The Morgan fingerprint density at radius 3 is 2.94 bits per heavy atom. The molecule has 10 nitrogen and oxygen atoms in total. The molecule has 3 aliphatic rings. The number of hydrogen-bond acceptors (Lipinski definition) is 9. The fourth-order valence-electron chi connectivity index (χ4n) is 4.22. The number of amides is 1. The van der Waals surface area contributed by atoms with E-state index in [0.717, 1.165) is 12.8 Å². The fourth-order valence-corrected chi connectivity index (χ4v) is 5.19. The van der Waals surface area contributed by atoms with Crippen molar-refractivity contribution >= 4 is 34.5 Å². The van der Waals surface area contributed by atoms with Gasteiger partial charge in [-0.25, -0.2) is 9.79 Å². The van der Waals surface area contributed by atoms with Crippen LogP contribution in [0.3, 0.4) is 0 Å². The van der Waals surface area contributed by atoms with Crippen LogP contribution in [-0.2, 0) is 19.1 Å². The quantitative estimate of drug-likeness (QED) is 0.337. The largest absolute Gasteiger partial charge is 0.463 e. The van der Waals surface area contributed by atoms with Gasteiger partial charge in [0.1, 0.15) is 0 Å². The lowest BCUT2D eigenvalue weighted by molar-refractivity contribution is -0.384. The van der Waals surface area contributed by atoms with Crippen LogP contribution >= 0.6 is 11.8 Å². The van der Waals surface area contributed by atoms with Crippen LogP contribution in [0.5, 0.6) is 0 Å². The standard InChI is InChI=1S/C23H26N4O6S/c1-3-32-22(29)20-14(2)25-23-26(21(20)15-6-4-7-16(10-15)27(30)31)17(13-34-23)11-19(28)24-12-18-8-5-9-33-18/h4,6-7,10,13,18,21H,3,5,8-9,11-12H2,1-2H3,(H,24,28)/t18-,21+/m0/s1. The van der Waals surface area contributed by atoms with E-state index in [2.05, 4.69) is 10.3 Å². The lowest BCUT2D eigenvalue weighted by Gasteiger charge is -2.36. The molecular formula is C23H26N4O6S. The summed E-state index contributed by atoms with van der Waals surface area (Å²) in [5, 5.41) is 16.8. The summed E-state index contributed by atoms with van der Waals surface area (Å²) in [6.45, 7) is 4.76. The molecule has 0 saturated carbocycles. The Kier molecular flexibility index (Phi) is 7.32. The summed E-state index contributed by atoms with van der Waals surface area (Å²) < 4.78 is 10.9. The van der Waals surface area contributed by atoms with Gasteiger partial charge in [0.15, 0.2) is 5.17 Å². The van der Waals surface area contributed by atoms with Gasteiger partial charge in [0.05, 0.1) is 41.4 Å². The number of carbonyl (C=O) groups excluding carboxylic acids is 2. The number of esters is 1. The van der Waals surface area contributed by atoms with Crippen LogP contribution in [0.4, 0.5) is 5.69 Å². The number of fused-ring (bicyclic) bond motifs is 1. The highest BCUT2D eigenvalue weighted by molar-refractivity contribution is 8.16. The van der Waals surface area contributed by atoms with Crippen molar-refractivity contribution in [3.8, 4) is 0 Å². The summed E-state index contributed by atoms with van der Waals surface area (Å²) >= 11 is 1.35. The molecule has 1 aromatic rings. The third-order valence-electron chi connectivity index (χ3n) is 5.79. The highest BCUT2D eigenvalue weighted by Gasteiger charge is 2.41. The highest BCUT2D eigenvalue weighted by atomic mass is 32.2. The number of thioether (sulfide) groups is 1. The Morgan fingerprint density at radius 1 is 1.41 bits per heavy atom. The molecule has 2 atom stereocenters. The smallest absolute Gasteiger partial charge is 0.338 e. The first-order valence-electron chi connectivity index (χ1n) is 11.1. The van der Waals surface area contributed by atoms with E-state index >= 15 is 0 Å². The lowest BCUT2D eigenvalue weighted by Crippen LogP contribution is -2.38.